The van der Waals surface area contributed by atoms with E-state index in [1.54, 1.807) is 36.5 Å². The monoisotopic (exact) mass is 296 g/mol. The maximum Gasteiger partial charge on any atom is 0.428 e. The number of para-hydroxylation sites is 1. The first-order valence-electron chi connectivity index (χ1n) is 6.82. The standard InChI is InChI=1S/C15H15F3N2O/c16-15(17,18)14(6-9-19-10-7-14)21-12-5-1-3-11-4-2-8-20-13(11)12/h1-5,8,19H,6-7,9-10H2. The second kappa shape index (κ2) is 5.18. The van der Waals surface area contributed by atoms with Crippen LogP contribution >= 0.6 is 0 Å². The fourth-order valence-corrected chi connectivity index (χ4v) is 2.64. The van der Waals surface area contributed by atoms with E-state index in [-0.39, 0.29) is 31.7 Å². The number of nitrogens with one attached hydrogen (secondary N) is 1. The van der Waals surface area contributed by atoms with Crippen LogP contribution in [0.25, 0.3) is 10.9 Å². The molecule has 1 N–H and O–H groups in total. The minimum absolute atomic E-state index is 0.0975. The number of nitrogens with zero attached hydrogens (tertiary/aromatic N) is 1. The third-order valence-corrected chi connectivity index (χ3v) is 3.83. The molecule has 6 heteroatoms. The summed E-state index contributed by atoms with van der Waals surface area (Å²) < 4.78 is 46.0. The van der Waals surface area contributed by atoms with E-state index >= 15 is 0 Å². The number of pyridine rings is 1. The summed E-state index contributed by atoms with van der Waals surface area (Å²) in [6.07, 6.45) is -3.05. The molecule has 1 aliphatic heterocycles. The van der Waals surface area contributed by atoms with Crippen molar-refractivity contribution in [3.63, 3.8) is 0 Å². The third-order valence-electron chi connectivity index (χ3n) is 3.83. The average molecular weight is 296 g/mol. The van der Waals surface area contributed by atoms with E-state index in [2.05, 4.69) is 10.3 Å². The maximum atomic E-state index is 13.5. The Morgan fingerprint density at radius 1 is 1.10 bits per heavy atom. The van der Waals surface area contributed by atoms with Gasteiger partial charge in [0.1, 0.15) is 11.3 Å². The lowest BCUT2D eigenvalue weighted by atomic mass is 9.91. The predicted octanol–water partition coefficient (Wildman–Crippen LogP) is 3.30. The summed E-state index contributed by atoms with van der Waals surface area (Å²) in [4.78, 5) is 4.15. The second-order valence-electron chi connectivity index (χ2n) is 5.18. The van der Waals surface area contributed by atoms with Crippen molar-refractivity contribution in [2.24, 2.45) is 0 Å². The summed E-state index contributed by atoms with van der Waals surface area (Å²) in [5.41, 5.74) is -1.67. The molecule has 3 nitrogen and oxygen atoms in total. The molecule has 0 aliphatic carbocycles. The molecule has 1 aromatic carbocycles. The van der Waals surface area contributed by atoms with Crippen molar-refractivity contribution in [3.8, 4) is 5.75 Å². The first-order chi connectivity index (χ1) is 10.0. The summed E-state index contributed by atoms with van der Waals surface area (Å²) in [5, 5.41) is 3.70. The van der Waals surface area contributed by atoms with Crippen LogP contribution in [0, 0.1) is 0 Å². The zero-order valence-electron chi connectivity index (χ0n) is 11.3. The SMILES string of the molecule is FC(F)(F)C1(Oc2cccc3cccnc23)CCNCC1. The number of alkyl halides is 3. The minimum Gasteiger partial charge on any atom is -0.475 e. The van der Waals surface area contributed by atoms with Gasteiger partial charge in [-0.15, -0.1) is 0 Å². The highest BCUT2D eigenvalue weighted by molar-refractivity contribution is 5.84. The molecular weight excluding hydrogens is 281 g/mol. The molecule has 0 bridgehead atoms. The molecule has 3 rings (SSSR count). The molecule has 0 radical (unpaired) electrons. The highest BCUT2D eigenvalue weighted by Crippen LogP contribution is 2.42. The topological polar surface area (TPSA) is 34.1 Å². The summed E-state index contributed by atoms with van der Waals surface area (Å²) in [7, 11) is 0. The van der Waals surface area contributed by atoms with Crippen molar-refractivity contribution >= 4 is 10.9 Å². The van der Waals surface area contributed by atoms with Gasteiger partial charge in [0, 0.05) is 24.4 Å². The van der Waals surface area contributed by atoms with Gasteiger partial charge in [0.2, 0.25) is 5.60 Å². The van der Waals surface area contributed by atoms with Crippen molar-refractivity contribution in [3.05, 3.63) is 36.5 Å². The first kappa shape index (κ1) is 14.1. The van der Waals surface area contributed by atoms with Gasteiger partial charge in [0.25, 0.3) is 0 Å². The van der Waals surface area contributed by atoms with Gasteiger partial charge >= 0.3 is 6.18 Å². The van der Waals surface area contributed by atoms with Crippen LogP contribution in [0.1, 0.15) is 12.8 Å². The molecule has 1 saturated heterocycles. The highest BCUT2D eigenvalue weighted by Gasteiger charge is 2.57. The van der Waals surface area contributed by atoms with E-state index in [0.717, 1.165) is 5.39 Å². The zero-order valence-corrected chi connectivity index (χ0v) is 11.3. The van der Waals surface area contributed by atoms with Crippen molar-refractivity contribution in [1.29, 1.82) is 0 Å². The summed E-state index contributed by atoms with van der Waals surface area (Å²) in [6, 6.07) is 8.58. The van der Waals surface area contributed by atoms with E-state index in [1.807, 2.05) is 0 Å². The van der Waals surface area contributed by atoms with E-state index in [4.69, 9.17) is 4.74 Å². The third kappa shape index (κ3) is 2.55. The molecule has 0 unspecified atom stereocenters. The van der Waals surface area contributed by atoms with Crippen LogP contribution in [0.3, 0.4) is 0 Å². The highest BCUT2D eigenvalue weighted by atomic mass is 19.4. The lowest BCUT2D eigenvalue weighted by Gasteiger charge is -2.39. The smallest absolute Gasteiger partial charge is 0.428 e. The number of hydrogen-bond acceptors (Lipinski definition) is 3. The Bertz CT molecular complexity index is 631. The molecule has 0 spiro atoms. The summed E-state index contributed by atoms with van der Waals surface area (Å²) in [5.74, 6) is 0.187. The molecule has 0 saturated carbocycles. The van der Waals surface area contributed by atoms with Gasteiger partial charge in [-0.2, -0.15) is 13.2 Å². The molecule has 1 aliphatic rings. The molecule has 21 heavy (non-hydrogen) atoms. The van der Waals surface area contributed by atoms with Crippen molar-refractivity contribution in [2.45, 2.75) is 24.6 Å². The van der Waals surface area contributed by atoms with Gasteiger partial charge in [0.15, 0.2) is 0 Å². The van der Waals surface area contributed by atoms with Crippen LogP contribution in [0.15, 0.2) is 36.5 Å². The predicted molar refractivity (Wildman–Crippen MR) is 73.3 cm³/mol. The largest absolute Gasteiger partial charge is 0.475 e. The minimum atomic E-state index is -4.41. The molecule has 1 fully saturated rings. The Kier molecular flexibility index (Phi) is 3.49. The van der Waals surface area contributed by atoms with Crippen LogP contribution in [0.5, 0.6) is 5.75 Å². The van der Waals surface area contributed by atoms with Gasteiger partial charge in [-0.05, 0) is 25.2 Å². The van der Waals surface area contributed by atoms with E-state index in [0.29, 0.717) is 5.52 Å². The number of piperidine rings is 1. The molecule has 0 atom stereocenters. The number of ether oxygens (including phenoxy) is 1. The fourth-order valence-electron chi connectivity index (χ4n) is 2.64. The van der Waals surface area contributed by atoms with Gasteiger partial charge in [-0.3, -0.25) is 4.98 Å². The quantitative estimate of drug-likeness (QED) is 0.923. The zero-order chi connectivity index (χ0) is 14.9. The van der Waals surface area contributed by atoms with Gasteiger partial charge in [0.05, 0.1) is 0 Å². The number of fused-ring (bicyclic) bond motifs is 1. The average Bonchev–Trinajstić information content (AvgIpc) is 2.47. The Hall–Kier alpha value is -1.82. The van der Waals surface area contributed by atoms with Gasteiger partial charge in [-0.25, -0.2) is 0 Å². The normalized spacial score (nSPS) is 18.6. The number of halogens is 3. The molecular formula is C15H15F3N2O. The maximum absolute atomic E-state index is 13.5. The number of benzene rings is 1. The summed E-state index contributed by atoms with van der Waals surface area (Å²) >= 11 is 0. The van der Waals surface area contributed by atoms with Crippen LogP contribution in [-0.2, 0) is 0 Å². The Balaban J connectivity index is 2.02. The Labute approximate surface area is 120 Å². The molecule has 0 amide bonds. The van der Waals surface area contributed by atoms with E-state index < -0.39 is 11.8 Å². The van der Waals surface area contributed by atoms with Crippen LogP contribution in [-0.4, -0.2) is 29.9 Å². The van der Waals surface area contributed by atoms with Crippen molar-refractivity contribution in [2.75, 3.05) is 13.1 Å². The van der Waals surface area contributed by atoms with Crippen LogP contribution in [0.4, 0.5) is 13.2 Å². The van der Waals surface area contributed by atoms with Crippen LogP contribution in [0.2, 0.25) is 0 Å². The lowest BCUT2D eigenvalue weighted by Crippen LogP contribution is -2.56. The number of rotatable bonds is 2. The molecule has 112 valence electrons. The van der Waals surface area contributed by atoms with E-state index in [1.165, 1.54) is 0 Å². The summed E-state index contributed by atoms with van der Waals surface area (Å²) in [6.45, 7) is 0.579. The van der Waals surface area contributed by atoms with E-state index in [9.17, 15) is 13.2 Å². The van der Waals surface area contributed by atoms with Crippen LogP contribution < -0.4 is 10.1 Å². The first-order valence-corrected chi connectivity index (χ1v) is 6.82. The van der Waals surface area contributed by atoms with Crippen molar-refractivity contribution in [1.82, 2.24) is 10.3 Å². The molecule has 2 heterocycles. The van der Waals surface area contributed by atoms with Crippen molar-refractivity contribution < 1.29 is 17.9 Å². The Morgan fingerprint density at radius 2 is 1.81 bits per heavy atom. The second-order valence-corrected chi connectivity index (χ2v) is 5.18. The van der Waals surface area contributed by atoms with Gasteiger partial charge in [-0.1, -0.05) is 18.2 Å². The molecule has 2 aromatic rings. The fraction of sp³-hybridized carbons (Fsp3) is 0.400. The van der Waals surface area contributed by atoms with Gasteiger partial charge < -0.3 is 10.1 Å². The number of hydrogen-bond donors (Lipinski definition) is 1. The molecule has 1 aromatic heterocycles. The Morgan fingerprint density at radius 3 is 2.52 bits per heavy atom. The number of aromatic nitrogens is 1. The lowest BCUT2D eigenvalue weighted by molar-refractivity contribution is -0.255.